The molecule has 26 heavy (non-hydrogen) atoms. The molecule has 0 spiro atoms. The summed E-state index contributed by atoms with van der Waals surface area (Å²) >= 11 is 5.27. The number of thiocarbonyl (C=S) groups is 1. The van der Waals surface area contributed by atoms with E-state index in [1.54, 1.807) is 10.6 Å². The van der Waals surface area contributed by atoms with Gasteiger partial charge in [0.2, 0.25) is 11.0 Å². The zero-order valence-electron chi connectivity index (χ0n) is 14.7. The number of hydrogen-bond donors (Lipinski definition) is 2. The zero-order valence-corrected chi connectivity index (χ0v) is 15.5. The molecule has 0 aliphatic carbocycles. The Hall–Kier alpha value is -2.99. The van der Waals surface area contributed by atoms with Crippen molar-refractivity contribution in [1.82, 2.24) is 4.57 Å². The number of aryl methyl sites for hydroxylation is 2. The highest BCUT2D eigenvalue weighted by Gasteiger charge is 2.15. The Morgan fingerprint density at radius 3 is 2.62 bits per heavy atom. The lowest BCUT2D eigenvalue weighted by atomic mass is 10.1. The first kappa shape index (κ1) is 17.8. The number of hydrogen-bond acceptors (Lipinski definition) is 3. The molecule has 0 saturated carbocycles. The van der Waals surface area contributed by atoms with E-state index >= 15 is 0 Å². The van der Waals surface area contributed by atoms with Crippen molar-refractivity contribution in [3.8, 4) is 5.88 Å². The lowest BCUT2D eigenvalue weighted by molar-refractivity contribution is 0.431. The first-order valence-corrected chi connectivity index (χ1v) is 8.62. The van der Waals surface area contributed by atoms with Crippen molar-refractivity contribution in [2.24, 2.45) is 10.2 Å². The molecule has 0 bridgehead atoms. The molecule has 2 aromatic carbocycles. The summed E-state index contributed by atoms with van der Waals surface area (Å²) in [7, 11) is 0. The maximum absolute atomic E-state index is 10.5. The van der Waals surface area contributed by atoms with Gasteiger partial charge in [-0.25, -0.2) is 0 Å². The normalized spacial score (nSPS) is 11.2. The molecule has 1 aromatic heterocycles. The summed E-state index contributed by atoms with van der Waals surface area (Å²) in [6.07, 6.45) is 1.72. The average molecular weight is 364 g/mol. The second-order valence-corrected chi connectivity index (χ2v) is 6.48. The molecule has 0 unspecified atom stereocenters. The van der Waals surface area contributed by atoms with Crippen LogP contribution in [0, 0.1) is 13.8 Å². The lowest BCUT2D eigenvalue weighted by Gasteiger charge is -2.06. The molecular weight excluding hydrogens is 344 g/mol. The molecular formula is C20H20N4OS. The monoisotopic (exact) mass is 364 g/mol. The van der Waals surface area contributed by atoms with Crippen molar-refractivity contribution in [3.63, 3.8) is 0 Å². The van der Waals surface area contributed by atoms with Gasteiger partial charge < -0.3 is 15.0 Å². The standard InChI is InChI=1S/C20H20N4OS/c1-4-9-24-17-8-6-5-7-16(17)18(19(24)25)22-23-20(26)21-15-11-13(2)10-14(3)12-15/h4-8,10-12,25H,1,9H2,2-3H3,(H,21,26). The van der Waals surface area contributed by atoms with E-state index < -0.39 is 0 Å². The number of benzene rings is 2. The number of fused-ring (bicyclic) bond motifs is 1. The highest BCUT2D eigenvalue weighted by Crippen LogP contribution is 2.38. The summed E-state index contributed by atoms with van der Waals surface area (Å²) in [5.74, 6) is 0.0454. The quantitative estimate of drug-likeness (QED) is 0.358. The zero-order chi connectivity index (χ0) is 18.7. The number of para-hydroxylation sites is 1. The number of azo groups is 1. The molecule has 0 amide bonds. The molecule has 0 aliphatic rings. The van der Waals surface area contributed by atoms with E-state index in [2.05, 4.69) is 28.2 Å². The predicted octanol–water partition coefficient (Wildman–Crippen LogP) is 5.63. The van der Waals surface area contributed by atoms with Crippen molar-refractivity contribution in [3.05, 3.63) is 66.2 Å². The van der Waals surface area contributed by atoms with Crippen LogP contribution < -0.4 is 5.32 Å². The van der Waals surface area contributed by atoms with Crippen molar-refractivity contribution in [2.45, 2.75) is 20.4 Å². The summed E-state index contributed by atoms with van der Waals surface area (Å²) in [4.78, 5) is 0. The van der Waals surface area contributed by atoms with Crippen LogP contribution in [0.25, 0.3) is 10.9 Å². The summed E-state index contributed by atoms with van der Waals surface area (Å²) in [5.41, 5.74) is 4.40. The van der Waals surface area contributed by atoms with Gasteiger partial charge in [0, 0.05) is 17.6 Å². The van der Waals surface area contributed by atoms with Crippen LogP contribution in [0.1, 0.15) is 11.1 Å². The molecule has 0 aliphatic heterocycles. The highest BCUT2D eigenvalue weighted by molar-refractivity contribution is 7.80. The van der Waals surface area contributed by atoms with E-state index in [9.17, 15) is 5.11 Å². The molecule has 6 heteroatoms. The average Bonchev–Trinajstić information content (AvgIpc) is 2.84. The predicted molar refractivity (Wildman–Crippen MR) is 110 cm³/mol. The fourth-order valence-corrected chi connectivity index (χ4v) is 3.13. The molecule has 3 aromatic rings. The third kappa shape index (κ3) is 3.65. The lowest BCUT2D eigenvalue weighted by Crippen LogP contribution is -2.05. The number of aromatic hydroxyl groups is 1. The van der Waals surface area contributed by atoms with Gasteiger partial charge in [0.05, 0.1) is 5.52 Å². The third-order valence-electron chi connectivity index (χ3n) is 3.94. The number of nitrogens with zero attached hydrogens (tertiary/aromatic N) is 3. The van der Waals surface area contributed by atoms with E-state index in [0.29, 0.717) is 12.2 Å². The number of nitrogens with one attached hydrogen (secondary N) is 1. The van der Waals surface area contributed by atoms with Gasteiger partial charge in [-0.1, -0.05) is 30.3 Å². The Morgan fingerprint density at radius 2 is 1.92 bits per heavy atom. The van der Waals surface area contributed by atoms with Crippen LogP contribution in [0.2, 0.25) is 0 Å². The largest absolute Gasteiger partial charge is 0.493 e. The fourth-order valence-electron chi connectivity index (χ4n) is 2.97. The van der Waals surface area contributed by atoms with E-state index in [-0.39, 0.29) is 11.0 Å². The fraction of sp³-hybridized carbons (Fsp3) is 0.150. The van der Waals surface area contributed by atoms with E-state index in [1.165, 1.54) is 0 Å². The van der Waals surface area contributed by atoms with Crippen LogP contribution >= 0.6 is 12.2 Å². The first-order valence-electron chi connectivity index (χ1n) is 8.21. The minimum absolute atomic E-state index is 0.0454. The first-order chi connectivity index (χ1) is 12.5. The number of aromatic nitrogens is 1. The molecule has 0 fully saturated rings. The van der Waals surface area contributed by atoms with E-state index in [0.717, 1.165) is 27.7 Å². The number of anilines is 1. The molecule has 0 saturated heterocycles. The minimum atomic E-state index is 0.0454. The van der Waals surface area contributed by atoms with Crippen LogP contribution in [0.5, 0.6) is 5.88 Å². The van der Waals surface area contributed by atoms with Crippen molar-refractivity contribution in [1.29, 1.82) is 0 Å². The molecule has 1 heterocycles. The Balaban J connectivity index is 1.89. The minimum Gasteiger partial charge on any atom is -0.493 e. The van der Waals surface area contributed by atoms with Gasteiger partial charge in [0.1, 0.15) is 0 Å². The van der Waals surface area contributed by atoms with Gasteiger partial charge in [-0.2, -0.15) is 0 Å². The van der Waals surface area contributed by atoms with Gasteiger partial charge in [-0.15, -0.1) is 16.8 Å². The van der Waals surface area contributed by atoms with Crippen molar-refractivity contribution >= 4 is 39.6 Å². The summed E-state index contributed by atoms with van der Waals surface area (Å²) in [6, 6.07) is 13.7. The van der Waals surface area contributed by atoms with Gasteiger partial charge in [0.25, 0.3) is 0 Å². The Labute approximate surface area is 157 Å². The van der Waals surface area contributed by atoms with Gasteiger partial charge >= 0.3 is 0 Å². The number of allylic oxidation sites excluding steroid dienone is 1. The van der Waals surface area contributed by atoms with E-state index in [1.807, 2.05) is 50.2 Å². The summed E-state index contributed by atoms with van der Waals surface area (Å²) in [6.45, 7) is 8.26. The maximum Gasteiger partial charge on any atom is 0.221 e. The van der Waals surface area contributed by atoms with E-state index in [4.69, 9.17) is 12.2 Å². The van der Waals surface area contributed by atoms with Crippen molar-refractivity contribution in [2.75, 3.05) is 5.32 Å². The molecule has 0 atom stereocenters. The van der Waals surface area contributed by atoms with Crippen LogP contribution in [0.15, 0.2) is 65.3 Å². The van der Waals surface area contributed by atoms with Crippen molar-refractivity contribution < 1.29 is 5.11 Å². The third-order valence-corrected chi connectivity index (χ3v) is 4.13. The second kappa shape index (κ2) is 7.49. The van der Waals surface area contributed by atoms with Gasteiger partial charge in [0.15, 0.2) is 5.69 Å². The van der Waals surface area contributed by atoms with Crippen LogP contribution in [-0.2, 0) is 6.54 Å². The molecule has 2 N–H and O–H groups in total. The highest BCUT2D eigenvalue weighted by atomic mass is 32.1. The molecule has 5 nitrogen and oxygen atoms in total. The molecule has 3 rings (SSSR count). The van der Waals surface area contributed by atoms with Crippen LogP contribution in [0.3, 0.4) is 0 Å². The van der Waals surface area contributed by atoms with Crippen LogP contribution in [-0.4, -0.2) is 14.8 Å². The molecule has 0 radical (unpaired) electrons. The van der Waals surface area contributed by atoms with Gasteiger partial charge in [-0.3, -0.25) is 0 Å². The number of rotatable bonds is 4. The smallest absolute Gasteiger partial charge is 0.221 e. The second-order valence-electron chi connectivity index (χ2n) is 6.10. The SMILES string of the molecule is C=CCn1c(O)c(N=NC(=S)Nc2cc(C)cc(C)c2)c2ccccc21. The Bertz CT molecular complexity index is 1000. The Morgan fingerprint density at radius 1 is 1.23 bits per heavy atom. The van der Waals surface area contributed by atoms with Crippen LogP contribution in [0.4, 0.5) is 11.4 Å². The molecule has 132 valence electrons. The Kier molecular flexibility index (Phi) is 5.14. The summed E-state index contributed by atoms with van der Waals surface area (Å²) in [5, 5.41) is 22.9. The van der Waals surface area contributed by atoms with Gasteiger partial charge in [-0.05, 0) is 55.4 Å². The topological polar surface area (TPSA) is 61.9 Å². The maximum atomic E-state index is 10.5. The summed E-state index contributed by atoms with van der Waals surface area (Å²) < 4.78 is 1.73.